The molecular weight excluding hydrogens is 314 g/mol. The first-order valence-electron chi connectivity index (χ1n) is 8.74. The number of benzene rings is 2. The van der Waals surface area contributed by atoms with Crippen LogP contribution in [0.15, 0.2) is 54.6 Å². The van der Waals surface area contributed by atoms with Gasteiger partial charge in [-0.3, -0.25) is 9.69 Å². The van der Waals surface area contributed by atoms with E-state index in [-0.39, 0.29) is 11.8 Å². The van der Waals surface area contributed by atoms with Gasteiger partial charge in [-0.15, -0.1) is 0 Å². The Kier molecular flexibility index (Phi) is 5.21. The van der Waals surface area contributed by atoms with Crippen molar-refractivity contribution in [3.63, 3.8) is 0 Å². The van der Waals surface area contributed by atoms with Crippen LogP contribution in [0.3, 0.4) is 0 Å². The molecule has 1 unspecified atom stereocenters. The maximum Gasteiger partial charge on any atom is 0.179 e. The van der Waals surface area contributed by atoms with E-state index >= 15 is 0 Å². The monoisotopic (exact) mass is 339 g/mol. The Morgan fingerprint density at radius 1 is 1.08 bits per heavy atom. The van der Waals surface area contributed by atoms with E-state index in [0.717, 1.165) is 11.3 Å². The van der Waals surface area contributed by atoms with Crippen molar-refractivity contribution in [1.29, 1.82) is 0 Å². The fraction of sp³-hybridized carbons (Fsp3) is 0.381. The summed E-state index contributed by atoms with van der Waals surface area (Å²) in [5.41, 5.74) is 0.863. The number of hydrogen-bond donors (Lipinski definition) is 1. The fourth-order valence-corrected chi connectivity index (χ4v) is 3.48. The molecule has 0 bridgehead atoms. The number of likely N-dealkylation sites (tertiary alicyclic amines) is 1. The molecule has 1 aliphatic rings. The lowest BCUT2D eigenvalue weighted by Gasteiger charge is -2.40. The Labute approximate surface area is 149 Å². The van der Waals surface area contributed by atoms with Crippen molar-refractivity contribution in [2.75, 3.05) is 20.2 Å². The van der Waals surface area contributed by atoms with E-state index < -0.39 is 5.60 Å². The smallest absolute Gasteiger partial charge is 0.179 e. The van der Waals surface area contributed by atoms with Crippen LogP contribution in [0.4, 0.5) is 0 Å². The zero-order valence-corrected chi connectivity index (χ0v) is 14.8. The second kappa shape index (κ2) is 7.38. The minimum atomic E-state index is -0.791. The molecule has 4 nitrogen and oxygen atoms in total. The van der Waals surface area contributed by atoms with Gasteiger partial charge in [0.1, 0.15) is 5.75 Å². The van der Waals surface area contributed by atoms with Gasteiger partial charge in [0.2, 0.25) is 0 Å². The van der Waals surface area contributed by atoms with Crippen molar-refractivity contribution >= 4 is 5.78 Å². The van der Waals surface area contributed by atoms with Gasteiger partial charge in [0, 0.05) is 18.7 Å². The Morgan fingerprint density at radius 2 is 1.68 bits per heavy atom. The second-order valence-electron chi connectivity index (χ2n) is 6.70. The van der Waals surface area contributed by atoms with Crippen molar-refractivity contribution in [3.05, 3.63) is 65.7 Å². The average molecular weight is 339 g/mol. The molecule has 132 valence electrons. The average Bonchev–Trinajstić information content (AvgIpc) is 2.68. The minimum Gasteiger partial charge on any atom is -0.497 e. The van der Waals surface area contributed by atoms with E-state index in [0.29, 0.717) is 31.5 Å². The van der Waals surface area contributed by atoms with Gasteiger partial charge in [0.15, 0.2) is 5.78 Å². The lowest BCUT2D eigenvalue weighted by molar-refractivity contribution is -0.0318. The number of hydrogen-bond acceptors (Lipinski definition) is 4. The van der Waals surface area contributed by atoms with Gasteiger partial charge in [-0.25, -0.2) is 0 Å². The van der Waals surface area contributed by atoms with Crippen LogP contribution >= 0.6 is 0 Å². The molecule has 1 N–H and O–H groups in total. The van der Waals surface area contributed by atoms with Gasteiger partial charge in [0.25, 0.3) is 0 Å². The SMILES string of the molecule is COc1ccc(C(=O)C(C)N2CCC(O)(c3ccccc3)CC2)cc1. The molecule has 1 atom stereocenters. The van der Waals surface area contributed by atoms with Crippen molar-refractivity contribution in [2.45, 2.75) is 31.4 Å². The zero-order chi connectivity index (χ0) is 17.9. The first-order chi connectivity index (χ1) is 12.0. The number of methoxy groups -OCH3 is 1. The van der Waals surface area contributed by atoms with Gasteiger partial charge in [-0.1, -0.05) is 30.3 Å². The number of piperidine rings is 1. The third-order valence-electron chi connectivity index (χ3n) is 5.24. The van der Waals surface area contributed by atoms with Crippen LogP contribution < -0.4 is 4.74 Å². The summed E-state index contributed by atoms with van der Waals surface area (Å²) >= 11 is 0. The fourth-order valence-electron chi connectivity index (χ4n) is 3.48. The van der Waals surface area contributed by atoms with Crippen LogP contribution in [-0.2, 0) is 5.60 Å². The summed E-state index contributed by atoms with van der Waals surface area (Å²) in [5.74, 6) is 0.850. The quantitative estimate of drug-likeness (QED) is 0.850. The topological polar surface area (TPSA) is 49.8 Å². The van der Waals surface area contributed by atoms with E-state index in [1.54, 1.807) is 7.11 Å². The third-order valence-corrected chi connectivity index (χ3v) is 5.24. The van der Waals surface area contributed by atoms with E-state index in [2.05, 4.69) is 4.90 Å². The molecule has 1 saturated heterocycles. The molecule has 2 aromatic carbocycles. The highest BCUT2D eigenvalue weighted by atomic mass is 16.5. The predicted molar refractivity (Wildman–Crippen MR) is 97.9 cm³/mol. The summed E-state index contributed by atoms with van der Waals surface area (Å²) in [6.07, 6.45) is 1.27. The first-order valence-corrected chi connectivity index (χ1v) is 8.74. The van der Waals surface area contributed by atoms with E-state index in [9.17, 15) is 9.90 Å². The molecule has 0 radical (unpaired) electrons. The minimum absolute atomic E-state index is 0.104. The van der Waals surface area contributed by atoms with Gasteiger partial charge >= 0.3 is 0 Å². The van der Waals surface area contributed by atoms with Crippen LogP contribution in [0.25, 0.3) is 0 Å². The van der Waals surface area contributed by atoms with Crippen LogP contribution in [0.1, 0.15) is 35.7 Å². The standard InChI is InChI=1S/C21H25NO3/c1-16(20(23)17-8-10-19(25-2)11-9-17)22-14-12-21(24,13-15-22)18-6-4-3-5-7-18/h3-11,16,24H,12-15H2,1-2H3. The van der Waals surface area contributed by atoms with E-state index in [4.69, 9.17) is 4.74 Å². The number of nitrogens with zero attached hydrogens (tertiary/aromatic N) is 1. The highest BCUT2D eigenvalue weighted by Gasteiger charge is 2.36. The summed E-state index contributed by atoms with van der Waals surface area (Å²) < 4.78 is 5.14. The largest absolute Gasteiger partial charge is 0.497 e. The lowest BCUT2D eigenvalue weighted by atomic mass is 9.84. The number of aliphatic hydroxyl groups is 1. The van der Waals surface area contributed by atoms with Crippen LogP contribution in [0.5, 0.6) is 5.75 Å². The van der Waals surface area contributed by atoms with Crippen LogP contribution in [0.2, 0.25) is 0 Å². The van der Waals surface area contributed by atoms with Crippen molar-refractivity contribution in [1.82, 2.24) is 4.90 Å². The summed E-state index contributed by atoms with van der Waals surface area (Å²) in [6.45, 7) is 3.35. The first kappa shape index (κ1) is 17.6. The molecule has 0 aliphatic carbocycles. The zero-order valence-electron chi connectivity index (χ0n) is 14.8. The van der Waals surface area contributed by atoms with Crippen molar-refractivity contribution in [3.8, 4) is 5.75 Å². The Morgan fingerprint density at radius 3 is 2.24 bits per heavy atom. The Hall–Kier alpha value is -2.17. The van der Waals surface area contributed by atoms with E-state index in [1.165, 1.54) is 0 Å². The maximum atomic E-state index is 12.7. The summed E-state index contributed by atoms with van der Waals surface area (Å²) in [5, 5.41) is 10.9. The lowest BCUT2D eigenvalue weighted by Crippen LogP contribution is -2.48. The normalized spacial score (nSPS) is 18.5. The molecule has 2 aromatic rings. The summed E-state index contributed by atoms with van der Waals surface area (Å²) in [7, 11) is 1.61. The molecule has 4 heteroatoms. The summed E-state index contributed by atoms with van der Waals surface area (Å²) in [4.78, 5) is 14.9. The van der Waals surface area contributed by atoms with Crippen LogP contribution in [0, 0.1) is 0 Å². The van der Waals surface area contributed by atoms with Crippen molar-refractivity contribution < 1.29 is 14.6 Å². The number of carbonyl (C=O) groups is 1. The molecule has 1 fully saturated rings. The molecule has 0 amide bonds. The Balaban J connectivity index is 1.64. The Bertz CT molecular complexity index is 704. The maximum absolute atomic E-state index is 12.7. The highest BCUT2D eigenvalue weighted by molar-refractivity contribution is 5.99. The molecule has 0 aromatic heterocycles. The number of ether oxygens (including phenoxy) is 1. The van der Waals surface area contributed by atoms with Gasteiger partial charge < -0.3 is 9.84 Å². The molecule has 25 heavy (non-hydrogen) atoms. The number of carbonyl (C=O) groups excluding carboxylic acids is 1. The number of rotatable bonds is 5. The summed E-state index contributed by atoms with van der Waals surface area (Å²) in [6, 6.07) is 16.8. The highest BCUT2D eigenvalue weighted by Crippen LogP contribution is 2.33. The van der Waals surface area contributed by atoms with Crippen molar-refractivity contribution in [2.24, 2.45) is 0 Å². The molecule has 1 heterocycles. The van der Waals surface area contributed by atoms with E-state index in [1.807, 2.05) is 61.5 Å². The molecule has 0 saturated carbocycles. The molecule has 0 spiro atoms. The van der Waals surface area contributed by atoms with Crippen LogP contribution in [-0.4, -0.2) is 42.0 Å². The van der Waals surface area contributed by atoms with Gasteiger partial charge in [0.05, 0.1) is 18.8 Å². The van der Waals surface area contributed by atoms with Gasteiger partial charge in [-0.2, -0.15) is 0 Å². The number of ketones is 1. The number of Topliss-reactive ketones (excluding diaryl/α,β-unsaturated/α-hetero) is 1. The van der Waals surface area contributed by atoms with Gasteiger partial charge in [-0.05, 0) is 49.6 Å². The third kappa shape index (κ3) is 3.75. The molecule has 1 aliphatic heterocycles. The molecular formula is C21H25NO3. The second-order valence-corrected chi connectivity index (χ2v) is 6.70. The predicted octanol–water partition coefficient (Wildman–Crippen LogP) is 3.25. The molecule has 3 rings (SSSR count).